The molecule has 0 bridgehead atoms. The summed E-state index contributed by atoms with van der Waals surface area (Å²) in [5, 5.41) is 9.54. The molecule has 18 heavy (non-hydrogen) atoms. The maximum absolute atomic E-state index is 12.2. The van der Waals surface area contributed by atoms with Gasteiger partial charge in [0.15, 0.2) is 0 Å². The van der Waals surface area contributed by atoms with E-state index in [0.717, 1.165) is 7.88 Å². The summed E-state index contributed by atoms with van der Waals surface area (Å²) in [6, 6.07) is 6.56. The van der Waals surface area contributed by atoms with Crippen molar-refractivity contribution in [1.29, 1.82) is 0 Å². The molecule has 0 spiro atoms. The number of aliphatic hydroxyl groups excluding tert-OH is 1. The Morgan fingerprint density at radius 3 is 2.44 bits per heavy atom. The van der Waals surface area contributed by atoms with Crippen molar-refractivity contribution in [3.8, 4) is 0 Å². The van der Waals surface area contributed by atoms with Crippen molar-refractivity contribution >= 4 is 32.6 Å². The van der Waals surface area contributed by atoms with E-state index in [0.29, 0.717) is 0 Å². The van der Waals surface area contributed by atoms with Crippen LogP contribution in [0.4, 0.5) is 0 Å². The van der Waals surface area contributed by atoms with Crippen LogP contribution in [0.25, 0.3) is 0 Å². The van der Waals surface area contributed by atoms with Gasteiger partial charge in [0.1, 0.15) is 0 Å². The van der Waals surface area contributed by atoms with Crippen LogP contribution in [-0.2, 0) is 14.8 Å². The predicted octanol–water partition coefficient (Wildman–Crippen LogP) is 0.919. The van der Waals surface area contributed by atoms with E-state index >= 15 is 0 Å². The molecule has 1 atom stereocenters. The van der Waals surface area contributed by atoms with Gasteiger partial charge in [0, 0.05) is 24.3 Å². The van der Waals surface area contributed by atoms with Crippen LogP contribution in [0.15, 0.2) is 29.2 Å². The number of halogens is 1. The fraction of sp³-hybridized carbons (Fsp3) is 0.455. The van der Waals surface area contributed by atoms with Gasteiger partial charge in [-0.1, -0.05) is 0 Å². The van der Waals surface area contributed by atoms with Crippen molar-refractivity contribution < 1.29 is 18.3 Å². The summed E-state index contributed by atoms with van der Waals surface area (Å²) in [5.41, 5.74) is 0. The zero-order valence-electron chi connectivity index (χ0n) is 10.2. The second kappa shape index (κ2) is 6.80. The van der Waals surface area contributed by atoms with E-state index in [4.69, 9.17) is 4.74 Å². The van der Waals surface area contributed by atoms with Gasteiger partial charge < -0.3 is 9.84 Å². The Balaban J connectivity index is 2.83. The third-order valence-electron chi connectivity index (χ3n) is 2.35. The van der Waals surface area contributed by atoms with Crippen molar-refractivity contribution in [3.63, 3.8) is 0 Å². The standard InChI is InChI=1S/C11H16INO4S/c1-13(7-10(14)8-17-2)18(15,16)11-5-3-9(12)4-6-11/h3-6,10,14H,7-8H2,1-2H3. The lowest BCUT2D eigenvalue weighted by Gasteiger charge is -2.20. The molecule has 0 radical (unpaired) electrons. The van der Waals surface area contributed by atoms with E-state index < -0.39 is 16.1 Å². The molecule has 1 aromatic rings. The summed E-state index contributed by atoms with van der Waals surface area (Å²) in [6.07, 6.45) is -0.835. The second-order valence-corrected chi connectivity index (χ2v) is 7.14. The number of rotatable bonds is 6. The van der Waals surface area contributed by atoms with Crippen LogP contribution in [0.1, 0.15) is 0 Å². The summed E-state index contributed by atoms with van der Waals surface area (Å²) in [7, 11) is -0.663. The predicted molar refractivity (Wildman–Crippen MR) is 76.9 cm³/mol. The third kappa shape index (κ3) is 4.16. The van der Waals surface area contributed by atoms with E-state index in [1.807, 2.05) is 0 Å². The molecule has 0 aliphatic rings. The Morgan fingerprint density at radius 2 is 1.94 bits per heavy atom. The summed E-state index contributed by atoms with van der Waals surface area (Å²) in [6.45, 7) is 0.106. The lowest BCUT2D eigenvalue weighted by atomic mass is 10.4. The molecule has 0 aromatic heterocycles. The second-order valence-electron chi connectivity index (χ2n) is 3.85. The van der Waals surface area contributed by atoms with Gasteiger partial charge >= 0.3 is 0 Å². The fourth-order valence-corrected chi connectivity index (χ4v) is 2.99. The van der Waals surface area contributed by atoms with Gasteiger partial charge in [-0.2, -0.15) is 4.31 Å². The maximum Gasteiger partial charge on any atom is 0.242 e. The first kappa shape index (κ1) is 15.8. The monoisotopic (exact) mass is 385 g/mol. The van der Waals surface area contributed by atoms with Crippen LogP contribution in [0, 0.1) is 3.57 Å². The van der Waals surface area contributed by atoms with E-state index in [2.05, 4.69) is 22.6 Å². The average Bonchev–Trinajstić information content (AvgIpc) is 2.29. The fourth-order valence-electron chi connectivity index (χ4n) is 1.43. The Hall–Kier alpha value is -0.220. The highest BCUT2D eigenvalue weighted by Gasteiger charge is 2.22. The number of likely N-dealkylation sites (N-methyl/N-ethyl adjacent to an activating group) is 1. The topological polar surface area (TPSA) is 66.8 Å². The molecule has 0 saturated carbocycles. The highest BCUT2D eigenvalue weighted by Crippen LogP contribution is 2.16. The molecule has 0 aliphatic carbocycles. The number of aliphatic hydroxyl groups is 1. The normalized spacial score (nSPS) is 13.8. The van der Waals surface area contributed by atoms with Crippen molar-refractivity contribution in [2.45, 2.75) is 11.0 Å². The smallest absolute Gasteiger partial charge is 0.242 e. The highest BCUT2D eigenvalue weighted by atomic mass is 127. The molecular formula is C11H16INO4S. The number of sulfonamides is 1. The first-order valence-corrected chi connectivity index (χ1v) is 7.78. The molecule has 0 amide bonds. The summed E-state index contributed by atoms with van der Waals surface area (Å²) < 4.78 is 31.2. The van der Waals surface area contributed by atoms with Gasteiger partial charge in [-0.25, -0.2) is 8.42 Å². The van der Waals surface area contributed by atoms with Gasteiger partial charge in [-0.15, -0.1) is 0 Å². The first-order valence-electron chi connectivity index (χ1n) is 5.27. The minimum atomic E-state index is -3.55. The lowest BCUT2D eigenvalue weighted by Crippen LogP contribution is -2.36. The molecule has 0 heterocycles. The van der Waals surface area contributed by atoms with Gasteiger partial charge in [0.25, 0.3) is 0 Å². The lowest BCUT2D eigenvalue weighted by molar-refractivity contribution is 0.0554. The zero-order valence-corrected chi connectivity index (χ0v) is 13.2. The van der Waals surface area contributed by atoms with Crippen LogP contribution in [-0.4, -0.2) is 51.2 Å². The quantitative estimate of drug-likeness (QED) is 0.740. The van der Waals surface area contributed by atoms with E-state index in [1.165, 1.54) is 14.2 Å². The van der Waals surface area contributed by atoms with Crippen molar-refractivity contribution in [2.75, 3.05) is 27.3 Å². The van der Waals surface area contributed by atoms with Crippen LogP contribution in [0.5, 0.6) is 0 Å². The van der Waals surface area contributed by atoms with Gasteiger partial charge in [0.2, 0.25) is 10.0 Å². The van der Waals surface area contributed by atoms with E-state index in [1.54, 1.807) is 24.3 Å². The van der Waals surface area contributed by atoms with Gasteiger partial charge in [-0.3, -0.25) is 0 Å². The molecule has 0 saturated heterocycles. The largest absolute Gasteiger partial charge is 0.389 e. The summed E-state index contributed by atoms with van der Waals surface area (Å²) >= 11 is 2.11. The Morgan fingerprint density at radius 1 is 1.39 bits per heavy atom. The molecule has 102 valence electrons. The summed E-state index contributed by atoms with van der Waals surface area (Å²) in [4.78, 5) is 0.218. The minimum absolute atomic E-state index is 0.00214. The number of nitrogens with zero attached hydrogens (tertiary/aromatic N) is 1. The van der Waals surface area contributed by atoms with Crippen molar-refractivity contribution in [2.24, 2.45) is 0 Å². The van der Waals surface area contributed by atoms with Crippen LogP contribution >= 0.6 is 22.6 Å². The number of hydrogen-bond acceptors (Lipinski definition) is 4. The van der Waals surface area contributed by atoms with Crippen molar-refractivity contribution in [1.82, 2.24) is 4.31 Å². The Kier molecular flexibility index (Phi) is 5.99. The number of benzene rings is 1. The summed E-state index contributed by atoms with van der Waals surface area (Å²) in [5.74, 6) is 0. The van der Waals surface area contributed by atoms with Gasteiger partial charge in [-0.05, 0) is 46.9 Å². The Labute approximate surface area is 121 Å². The molecule has 0 fully saturated rings. The van der Waals surface area contributed by atoms with Crippen LogP contribution < -0.4 is 0 Å². The molecular weight excluding hydrogens is 369 g/mol. The highest BCUT2D eigenvalue weighted by molar-refractivity contribution is 14.1. The average molecular weight is 385 g/mol. The van der Waals surface area contributed by atoms with Crippen LogP contribution in [0.3, 0.4) is 0 Å². The SMILES string of the molecule is COCC(O)CN(C)S(=O)(=O)c1ccc(I)cc1. The zero-order chi connectivity index (χ0) is 13.8. The number of ether oxygens (including phenoxy) is 1. The maximum atomic E-state index is 12.2. The molecule has 1 aromatic carbocycles. The van der Waals surface area contributed by atoms with Crippen molar-refractivity contribution in [3.05, 3.63) is 27.8 Å². The molecule has 0 aliphatic heterocycles. The molecule has 1 unspecified atom stereocenters. The molecule has 1 rings (SSSR count). The van der Waals surface area contributed by atoms with Gasteiger partial charge in [0.05, 0.1) is 17.6 Å². The first-order chi connectivity index (χ1) is 8.37. The van der Waals surface area contributed by atoms with Crippen LogP contribution in [0.2, 0.25) is 0 Å². The molecule has 1 N–H and O–H groups in total. The number of methoxy groups -OCH3 is 1. The molecule has 5 nitrogen and oxygen atoms in total. The Bertz CT molecular complexity index is 474. The van der Waals surface area contributed by atoms with E-state index in [-0.39, 0.29) is 18.0 Å². The minimum Gasteiger partial charge on any atom is -0.389 e. The number of hydrogen-bond donors (Lipinski definition) is 1. The third-order valence-corrected chi connectivity index (χ3v) is 4.91. The molecule has 7 heteroatoms. The van der Waals surface area contributed by atoms with E-state index in [9.17, 15) is 13.5 Å².